The average Bonchev–Trinajstić information content (AvgIpc) is 3.28. The summed E-state index contributed by atoms with van der Waals surface area (Å²) in [6, 6.07) is 0.710. The van der Waals surface area contributed by atoms with Gasteiger partial charge in [-0.1, -0.05) is 13.8 Å². The molecule has 0 aromatic carbocycles. The van der Waals surface area contributed by atoms with Crippen LogP contribution in [0.3, 0.4) is 0 Å². The normalized spacial score (nSPS) is 22.6. The fourth-order valence-corrected chi connectivity index (χ4v) is 14.6. The molecule has 0 spiro atoms. The van der Waals surface area contributed by atoms with E-state index < -0.39 is 17.4 Å². The molecule has 4 saturated heterocycles. The number of piperidine rings is 4. The smallest absolute Gasteiger partial charge is 0.325 e. The molecule has 448 valence electrons. The van der Waals surface area contributed by atoms with Gasteiger partial charge in [0.05, 0.1) is 13.2 Å². The predicted octanol–water partition coefficient (Wildman–Crippen LogP) is 8.24. The van der Waals surface area contributed by atoms with Crippen molar-refractivity contribution in [3.05, 3.63) is 0 Å². The molecular weight excluding hydrogens is 997 g/mol. The third kappa shape index (κ3) is 17.8. The zero-order valence-corrected chi connectivity index (χ0v) is 53.2. The number of anilines is 6. The van der Waals surface area contributed by atoms with Crippen molar-refractivity contribution >= 4 is 47.6 Å². The van der Waals surface area contributed by atoms with Crippen LogP contribution in [0.4, 0.5) is 35.7 Å². The molecule has 4 fully saturated rings. The summed E-state index contributed by atoms with van der Waals surface area (Å²) in [7, 11) is 0. The minimum Gasteiger partial charge on any atom is -0.464 e. The second kappa shape index (κ2) is 23.8. The van der Waals surface area contributed by atoms with Gasteiger partial charge in [-0.15, -0.1) is 0 Å². The van der Waals surface area contributed by atoms with Crippen LogP contribution in [0, 0.1) is 5.41 Å². The highest BCUT2D eigenvalue weighted by Crippen LogP contribution is 2.39. The van der Waals surface area contributed by atoms with Crippen molar-refractivity contribution in [3.8, 4) is 0 Å². The maximum Gasteiger partial charge on any atom is 0.325 e. The molecule has 0 bridgehead atoms. The van der Waals surface area contributed by atoms with Crippen molar-refractivity contribution in [2.75, 3.05) is 82.7 Å². The van der Waals surface area contributed by atoms with Crippen molar-refractivity contribution in [2.45, 2.75) is 272 Å². The second-order valence-corrected chi connectivity index (χ2v) is 29.7. The van der Waals surface area contributed by atoms with Gasteiger partial charge >= 0.3 is 11.9 Å². The van der Waals surface area contributed by atoms with Crippen molar-refractivity contribution in [1.29, 1.82) is 0 Å². The van der Waals surface area contributed by atoms with E-state index in [-0.39, 0.29) is 94.8 Å². The molecule has 0 saturated carbocycles. The Hall–Kier alpha value is -4.40. The summed E-state index contributed by atoms with van der Waals surface area (Å²) in [4.78, 5) is 66.8. The minimum atomic E-state index is -0.696. The zero-order valence-electron chi connectivity index (χ0n) is 53.2. The van der Waals surface area contributed by atoms with E-state index in [2.05, 4.69) is 190 Å². The number of esters is 2. The fraction of sp³-hybridized carbons (Fsp3) is 0.864. The lowest BCUT2D eigenvalue weighted by molar-refractivity contribution is -0.150. The first-order valence-electron chi connectivity index (χ1n) is 29.8. The molecule has 20 heteroatoms. The first-order chi connectivity index (χ1) is 36.3. The van der Waals surface area contributed by atoms with Crippen LogP contribution in [0.1, 0.15) is 204 Å². The molecule has 0 amide bonds. The van der Waals surface area contributed by atoms with E-state index in [9.17, 15) is 9.59 Å². The molecule has 6 heterocycles. The first-order valence-corrected chi connectivity index (χ1v) is 29.8. The largest absolute Gasteiger partial charge is 0.464 e. The van der Waals surface area contributed by atoms with Crippen LogP contribution < -0.4 is 51.5 Å². The highest BCUT2D eigenvalue weighted by Gasteiger charge is 2.45. The number of rotatable bonds is 22. The van der Waals surface area contributed by atoms with Gasteiger partial charge in [0.25, 0.3) is 0 Å². The van der Waals surface area contributed by atoms with Gasteiger partial charge in [0.1, 0.15) is 13.1 Å². The molecule has 79 heavy (non-hydrogen) atoms. The van der Waals surface area contributed by atoms with Crippen LogP contribution in [0.2, 0.25) is 0 Å². The quantitative estimate of drug-likeness (QED) is 0.0612. The van der Waals surface area contributed by atoms with E-state index in [0.717, 1.165) is 51.4 Å². The summed E-state index contributed by atoms with van der Waals surface area (Å²) in [5, 5.41) is 21.7. The summed E-state index contributed by atoms with van der Waals surface area (Å²) in [6.07, 6.45) is 7.33. The fourth-order valence-electron chi connectivity index (χ4n) is 14.6. The molecule has 2 aromatic rings. The standard InChI is InChI=1S/C59H108N16O4/c1-23-72(39-27-52(7,8)68-53(9,10)28-39)47-62-45(63-48(66-47)73(24-2)40-29-54(11,12)69-55(13,14)30-40)60-35-43(76)78-37-51(5,6)38-79-44(77)36-61-46-64-49(74(25-3)41-31-56(15,16)70-57(17,18)32-41)67-50(65-46)75(26-4)42-33-58(19,20)71-59(21,22)34-42/h39-42,68-71H,23-38H2,1-22H3,(H,60,62,63,66)(H,61,64,65,67). The number of hydrogen-bond donors (Lipinski definition) is 6. The predicted molar refractivity (Wildman–Crippen MR) is 322 cm³/mol. The molecule has 20 nitrogen and oxygen atoms in total. The summed E-state index contributed by atoms with van der Waals surface area (Å²) < 4.78 is 11.7. The van der Waals surface area contributed by atoms with Gasteiger partial charge in [0.15, 0.2) is 0 Å². The van der Waals surface area contributed by atoms with Crippen LogP contribution in [-0.2, 0) is 19.1 Å². The number of hydrogen-bond acceptors (Lipinski definition) is 20. The van der Waals surface area contributed by atoms with Gasteiger partial charge in [0.2, 0.25) is 35.7 Å². The number of ether oxygens (including phenoxy) is 2. The monoisotopic (exact) mass is 1100 g/mol. The summed E-state index contributed by atoms with van der Waals surface area (Å²) >= 11 is 0. The average molecular weight is 1110 g/mol. The van der Waals surface area contributed by atoms with Gasteiger partial charge in [-0.3, -0.25) is 9.59 Å². The Balaban J connectivity index is 1.14. The topological polar surface area (TPSA) is 215 Å². The molecule has 0 unspecified atom stereocenters. The number of nitrogens with zero attached hydrogens (tertiary/aromatic N) is 10. The third-order valence-corrected chi connectivity index (χ3v) is 16.1. The van der Waals surface area contributed by atoms with Gasteiger partial charge in [-0.25, -0.2) is 0 Å². The molecule has 2 aromatic heterocycles. The Kier molecular flexibility index (Phi) is 19.2. The van der Waals surface area contributed by atoms with Gasteiger partial charge in [0, 0.05) is 100 Å². The first kappa shape index (κ1) is 63.8. The molecule has 0 radical (unpaired) electrons. The van der Waals surface area contributed by atoms with Crippen LogP contribution in [-0.4, -0.2) is 163 Å². The van der Waals surface area contributed by atoms with E-state index in [4.69, 9.17) is 39.4 Å². The highest BCUT2D eigenvalue weighted by atomic mass is 16.5. The van der Waals surface area contributed by atoms with Gasteiger partial charge in [-0.05, 0) is 190 Å². The van der Waals surface area contributed by atoms with Crippen LogP contribution in [0.5, 0.6) is 0 Å². The van der Waals surface area contributed by atoms with Crippen molar-refractivity contribution in [1.82, 2.24) is 51.2 Å². The lowest BCUT2D eigenvalue weighted by Gasteiger charge is -2.50. The Labute approximate surface area is 476 Å². The van der Waals surface area contributed by atoms with Crippen LogP contribution >= 0.6 is 0 Å². The number of carbonyl (C=O) groups is 2. The van der Waals surface area contributed by atoms with E-state index >= 15 is 0 Å². The zero-order chi connectivity index (χ0) is 59.0. The summed E-state index contributed by atoms with van der Waals surface area (Å²) in [5.41, 5.74) is -1.41. The summed E-state index contributed by atoms with van der Waals surface area (Å²) in [5.74, 6) is 2.01. The van der Waals surface area contributed by atoms with Gasteiger partial charge in [-0.2, -0.15) is 29.9 Å². The molecule has 4 aliphatic heterocycles. The molecule has 6 rings (SSSR count). The van der Waals surface area contributed by atoms with E-state index in [0.29, 0.717) is 61.9 Å². The van der Waals surface area contributed by atoms with E-state index in [1.165, 1.54) is 0 Å². The highest BCUT2D eigenvalue weighted by molar-refractivity contribution is 5.75. The molecule has 0 aliphatic carbocycles. The van der Waals surface area contributed by atoms with Crippen LogP contribution in [0.15, 0.2) is 0 Å². The molecule has 6 N–H and O–H groups in total. The van der Waals surface area contributed by atoms with Crippen LogP contribution in [0.25, 0.3) is 0 Å². The van der Waals surface area contributed by atoms with Crippen molar-refractivity contribution in [2.24, 2.45) is 5.41 Å². The molecule has 4 aliphatic rings. The second-order valence-electron chi connectivity index (χ2n) is 29.7. The minimum absolute atomic E-state index is 0.0200. The third-order valence-electron chi connectivity index (χ3n) is 16.1. The lowest BCUT2D eigenvalue weighted by Crippen LogP contribution is -2.62. The molecular formula is C59H108N16O4. The number of carbonyl (C=O) groups excluding carboxylic acids is 2. The number of nitrogens with one attached hydrogen (secondary N) is 6. The van der Waals surface area contributed by atoms with Crippen molar-refractivity contribution < 1.29 is 19.1 Å². The van der Waals surface area contributed by atoms with Crippen molar-refractivity contribution in [3.63, 3.8) is 0 Å². The summed E-state index contributed by atoms with van der Waals surface area (Å²) in [6.45, 7) is 51.0. The Bertz CT molecular complexity index is 2050. The number of aromatic nitrogens is 6. The molecule has 0 atom stereocenters. The Morgan fingerprint density at radius 1 is 0.418 bits per heavy atom. The maximum atomic E-state index is 13.6. The van der Waals surface area contributed by atoms with E-state index in [1.807, 2.05) is 13.8 Å². The SMILES string of the molecule is CCN(c1nc(NCC(=O)OCC(C)(C)COC(=O)CNc2nc(N(CC)C3CC(C)(C)NC(C)(C)C3)nc(N(CC)C3CC(C)(C)NC(C)(C)C3)n2)nc(N(CC)C2CC(C)(C)NC(C)(C)C2)n1)C1CC(C)(C)NC(C)(C)C1. The van der Waals surface area contributed by atoms with E-state index in [1.54, 1.807) is 0 Å². The Morgan fingerprint density at radius 2 is 0.620 bits per heavy atom. The van der Waals surface area contributed by atoms with Gasteiger partial charge < -0.3 is 61.0 Å². The maximum absolute atomic E-state index is 13.6. The lowest BCUT2D eigenvalue weighted by atomic mass is 9.79. The Morgan fingerprint density at radius 3 is 0.810 bits per heavy atom.